The van der Waals surface area contributed by atoms with Crippen molar-refractivity contribution in [2.75, 3.05) is 13.2 Å². The second-order valence-corrected chi connectivity index (χ2v) is 11.0. The molecule has 0 bridgehead atoms. The number of fused-ring (bicyclic) bond motifs is 2. The van der Waals surface area contributed by atoms with Gasteiger partial charge in [-0.3, -0.25) is 14.9 Å². The molecular formula is C27H25NO10. The SMILES string of the molecule is C[C@]12CCC3=C(COC3=O)C1C[C@@H]1O[C@@]13C(=O)C(CCCOC(=O)Oc1ccc([N+](=O)[O-])cc1)=C[C@@H]1O[C@]123. The normalized spacial score (nSPS) is 37.5. The average molecular weight is 523 g/mol. The van der Waals surface area contributed by atoms with Crippen LogP contribution in [0.1, 0.15) is 39.0 Å². The molecule has 3 aliphatic carbocycles. The first kappa shape index (κ1) is 23.5. The van der Waals surface area contributed by atoms with E-state index in [1.165, 1.54) is 24.3 Å². The second kappa shape index (κ2) is 7.73. The fraction of sp³-hybridized carbons (Fsp3) is 0.519. The van der Waals surface area contributed by atoms with Crippen LogP contribution < -0.4 is 4.74 Å². The molecule has 3 aliphatic heterocycles. The number of hydrogen-bond donors (Lipinski definition) is 0. The number of esters is 1. The highest BCUT2D eigenvalue weighted by atomic mass is 16.7. The van der Waals surface area contributed by atoms with Crippen molar-refractivity contribution >= 4 is 23.6 Å². The minimum absolute atomic E-state index is 0.0368. The zero-order valence-electron chi connectivity index (χ0n) is 20.6. The van der Waals surface area contributed by atoms with Gasteiger partial charge in [0.15, 0.2) is 11.4 Å². The Kier molecular flexibility index (Phi) is 4.79. The van der Waals surface area contributed by atoms with Crippen molar-refractivity contribution in [2.24, 2.45) is 11.3 Å². The van der Waals surface area contributed by atoms with Crippen LogP contribution in [0.5, 0.6) is 5.75 Å². The van der Waals surface area contributed by atoms with Crippen molar-refractivity contribution in [3.63, 3.8) is 0 Å². The van der Waals surface area contributed by atoms with Gasteiger partial charge in [0.25, 0.3) is 5.69 Å². The number of nitro benzene ring substituents is 1. The molecule has 2 saturated heterocycles. The van der Waals surface area contributed by atoms with E-state index in [1.54, 1.807) is 0 Å². The van der Waals surface area contributed by atoms with Gasteiger partial charge in [-0.15, -0.1) is 0 Å². The first-order valence-corrected chi connectivity index (χ1v) is 12.8. The van der Waals surface area contributed by atoms with Crippen molar-refractivity contribution in [2.45, 2.75) is 62.4 Å². The van der Waals surface area contributed by atoms with E-state index in [0.717, 1.165) is 17.6 Å². The molecule has 3 heterocycles. The highest BCUT2D eigenvalue weighted by Crippen LogP contribution is 2.77. The third-order valence-electron chi connectivity index (χ3n) is 9.35. The summed E-state index contributed by atoms with van der Waals surface area (Å²) < 4.78 is 28.1. The number of hydrogen-bond acceptors (Lipinski definition) is 10. The van der Waals surface area contributed by atoms with E-state index >= 15 is 0 Å². The fourth-order valence-corrected chi connectivity index (χ4v) is 7.50. The summed E-state index contributed by atoms with van der Waals surface area (Å²) >= 11 is 0. The molecular weight excluding hydrogens is 498 g/mol. The lowest BCUT2D eigenvalue weighted by atomic mass is 9.48. The lowest BCUT2D eigenvalue weighted by molar-refractivity contribution is -0.384. The topological polar surface area (TPSA) is 147 Å². The van der Waals surface area contributed by atoms with E-state index in [2.05, 4.69) is 6.92 Å². The quantitative estimate of drug-likeness (QED) is 0.136. The molecule has 6 aliphatic rings. The van der Waals surface area contributed by atoms with E-state index in [0.29, 0.717) is 37.9 Å². The molecule has 198 valence electrons. The zero-order chi connectivity index (χ0) is 26.4. The number of benzene rings is 1. The number of nitro groups is 1. The summed E-state index contributed by atoms with van der Waals surface area (Å²) in [4.78, 5) is 48.1. The highest BCUT2D eigenvalue weighted by Gasteiger charge is 2.92. The summed E-state index contributed by atoms with van der Waals surface area (Å²) in [5.41, 5.74) is 0.316. The number of ether oxygens (including phenoxy) is 5. The van der Waals surface area contributed by atoms with Crippen LogP contribution in [0.15, 0.2) is 47.1 Å². The Morgan fingerprint density at radius 1 is 1.21 bits per heavy atom. The molecule has 1 saturated carbocycles. The first-order chi connectivity index (χ1) is 18.2. The van der Waals surface area contributed by atoms with Crippen molar-refractivity contribution in [1.82, 2.24) is 0 Å². The molecule has 1 aromatic rings. The van der Waals surface area contributed by atoms with Gasteiger partial charge in [-0.1, -0.05) is 6.92 Å². The van der Waals surface area contributed by atoms with Crippen molar-refractivity contribution < 1.29 is 43.0 Å². The molecule has 1 unspecified atom stereocenters. The van der Waals surface area contributed by atoms with Crippen LogP contribution in [-0.4, -0.2) is 59.5 Å². The molecule has 0 amide bonds. The number of cyclic esters (lactones) is 1. The summed E-state index contributed by atoms with van der Waals surface area (Å²) in [5, 5.41) is 10.7. The Bertz CT molecular complexity index is 1360. The summed E-state index contributed by atoms with van der Waals surface area (Å²) in [6.07, 6.45) is 3.31. The van der Waals surface area contributed by atoms with Crippen LogP contribution in [-0.2, 0) is 28.5 Å². The van der Waals surface area contributed by atoms with E-state index in [9.17, 15) is 24.5 Å². The van der Waals surface area contributed by atoms with Gasteiger partial charge in [-0.25, -0.2) is 9.59 Å². The van der Waals surface area contributed by atoms with Crippen molar-refractivity contribution in [3.05, 3.63) is 57.2 Å². The molecule has 11 nitrogen and oxygen atoms in total. The molecule has 3 fully saturated rings. The number of Topliss-reactive ketones (excluding diaryl/α,β-unsaturated/α-hetero) is 1. The maximum Gasteiger partial charge on any atom is 0.513 e. The molecule has 7 rings (SSSR count). The summed E-state index contributed by atoms with van der Waals surface area (Å²) in [5.74, 6) is -0.0569. The number of carbonyl (C=O) groups excluding carboxylic acids is 3. The van der Waals surface area contributed by atoms with Crippen molar-refractivity contribution in [1.29, 1.82) is 0 Å². The van der Waals surface area contributed by atoms with Gasteiger partial charge in [0.2, 0.25) is 0 Å². The van der Waals surface area contributed by atoms with Gasteiger partial charge in [0, 0.05) is 23.1 Å². The summed E-state index contributed by atoms with van der Waals surface area (Å²) in [6, 6.07) is 5.09. The minimum atomic E-state index is -0.982. The molecule has 38 heavy (non-hydrogen) atoms. The molecule has 0 radical (unpaired) electrons. The molecule has 1 aromatic carbocycles. The standard InChI is InChI=1S/C27H25NO10/c1-25-9-8-17-18(13-35-23(17)30)19(25)12-20-26(37-20)22(29)14(11-21-27(25,26)38-21)3-2-10-34-24(31)36-16-6-4-15(5-7-16)28(32)33/h4-7,11,19-21H,2-3,8-10,12-13H2,1H3/t19?,20-,21-,25-,26+,27+/m0/s1. The summed E-state index contributed by atoms with van der Waals surface area (Å²) in [7, 11) is 0. The third kappa shape index (κ3) is 2.94. The Balaban J connectivity index is 1.00. The Hall–Kier alpha value is -3.57. The number of rotatable bonds is 6. The van der Waals surface area contributed by atoms with Crippen molar-refractivity contribution in [3.8, 4) is 5.75 Å². The van der Waals surface area contributed by atoms with Crippen LogP contribution in [0.2, 0.25) is 0 Å². The zero-order valence-corrected chi connectivity index (χ0v) is 20.6. The number of non-ortho nitro benzene ring substituents is 1. The highest BCUT2D eigenvalue weighted by molar-refractivity contribution is 6.08. The van der Waals surface area contributed by atoms with Crippen LogP contribution in [0, 0.1) is 21.4 Å². The van der Waals surface area contributed by atoms with Gasteiger partial charge >= 0.3 is 12.1 Å². The van der Waals surface area contributed by atoms with Crippen LogP contribution in [0.4, 0.5) is 10.5 Å². The number of ketones is 1. The van der Waals surface area contributed by atoms with Crippen LogP contribution in [0.25, 0.3) is 0 Å². The number of nitrogens with zero attached hydrogens (tertiary/aromatic N) is 1. The Morgan fingerprint density at radius 2 is 2.00 bits per heavy atom. The third-order valence-corrected chi connectivity index (χ3v) is 9.35. The minimum Gasteiger partial charge on any atom is -0.458 e. The second-order valence-electron chi connectivity index (χ2n) is 11.0. The van der Waals surface area contributed by atoms with Gasteiger partial charge in [0.1, 0.15) is 24.1 Å². The molecule has 0 aromatic heterocycles. The van der Waals surface area contributed by atoms with E-state index in [-0.39, 0.29) is 53.3 Å². The molecule has 0 N–H and O–H groups in total. The summed E-state index contributed by atoms with van der Waals surface area (Å²) in [6.45, 7) is 2.52. The Morgan fingerprint density at radius 3 is 2.76 bits per heavy atom. The lowest BCUT2D eigenvalue weighted by Crippen LogP contribution is -2.63. The average Bonchev–Trinajstić information content (AvgIpc) is 3.77. The van der Waals surface area contributed by atoms with Gasteiger partial charge in [0.05, 0.1) is 17.6 Å². The monoisotopic (exact) mass is 523 g/mol. The number of epoxide rings is 2. The number of carbonyl (C=O) groups is 3. The predicted octanol–water partition coefficient (Wildman–Crippen LogP) is 3.35. The molecule has 11 heteroatoms. The largest absolute Gasteiger partial charge is 0.513 e. The maximum absolute atomic E-state index is 13.8. The van der Waals surface area contributed by atoms with Crippen LogP contribution in [0.3, 0.4) is 0 Å². The molecule has 2 spiro atoms. The van der Waals surface area contributed by atoms with Gasteiger partial charge < -0.3 is 23.7 Å². The van der Waals surface area contributed by atoms with Gasteiger partial charge in [-0.2, -0.15) is 0 Å². The lowest BCUT2D eigenvalue weighted by Gasteiger charge is -2.51. The fourth-order valence-electron chi connectivity index (χ4n) is 7.50. The predicted molar refractivity (Wildman–Crippen MR) is 126 cm³/mol. The van der Waals surface area contributed by atoms with Crippen LogP contribution >= 0.6 is 0 Å². The van der Waals surface area contributed by atoms with E-state index in [4.69, 9.17) is 23.7 Å². The maximum atomic E-state index is 13.8. The van der Waals surface area contributed by atoms with E-state index in [1.807, 2.05) is 6.08 Å². The smallest absolute Gasteiger partial charge is 0.458 e. The molecule has 6 atom stereocenters. The first-order valence-electron chi connectivity index (χ1n) is 12.8. The van der Waals surface area contributed by atoms with E-state index < -0.39 is 22.3 Å². The van der Waals surface area contributed by atoms with Gasteiger partial charge in [-0.05, 0) is 67.4 Å². The Labute approximate surface area is 216 Å².